The van der Waals surface area contributed by atoms with Crippen LogP contribution in [-0.4, -0.2) is 13.1 Å². The lowest BCUT2D eigenvalue weighted by Crippen LogP contribution is -2.22. The van der Waals surface area contributed by atoms with E-state index >= 15 is 0 Å². The Kier molecular flexibility index (Phi) is 15.4. The van der Waals surface area contributed by atoms with E-state index in [0.717, 1.165) is 11.8 Å². The largest absolute Gasteiger partial charge is 0.317 e. The van der Waals surface area contributed by atoms with Crippen LogP contribution in [0.3, 0.4) is 0 Å². The van der Waals surface area contributed by atoms with Crippen molar-refractivity contribution in [2.24, 2.45) is 11.8 Å². The molecule has 0 saturated heterocycles. The average Bonchev–Trinajstić information content (AvgIpc) is 2.54. The zero-order chi connectivity index (χ0) is 15.8. The molecule has 1 unspecified atom stereocenters. The van der Waals surface area contributed by atoms with Gasteiger partial charge in [-0.05, 0) is 37.8 Å². The Morgan fingerprint density at radius 3 is 2.19 bits per heavy atom. The maximum Gasteiger partial charge on any atom is -0.00463 e. The summed E-state index contributed by atoms with van der Waals surface area (Å²) in [5, 5.41) is 3.66. The van der Waals surface area contributed by atoms with Crippen LogP contribution in [0.5, 0.6) is 0 Å². The highest BCUT2D eigenvalue weighted by Gasteiger charge is 2.12. The summed E-state index contributed by atoms with van der Waals surface area (Å²) in [7, 11) is 0. The highest BCUT2D eigenvalue weighted by atomic mass is 14.8. The van der Waals surface area contributed by atoms with Crippen LogP contribution in [-0.2, 0) is 0 Å². The molecule has 0 bridgehead atoms. The van der Waals surface area contributed by atoms with Crippen molar-refractivity contribution in [1.82, 2.24) is 5.32 Å². The maximum atomic E-state index is 3.66. The van der Waals surface area contributed by atoms with Gasteiger partial charge in [0.1, 0.15) is 0 Å². The van der Waals surface area contributed by atoms with Crippen LogP contribution in [0.1, 0.15) is 78.1 Å². The second-order valence-electron chi connectivity index (χ2n) is 6.37. The fourth-order valence-corrected chi connectivity index (χ4v) is 3.17. The molecule has 1 saturated carbocycles. The van der Waals surface area contributed by atoms with Gasteiger partial charge >= 0.3 is 0 Å². The molecular weight excluding hydrogens is 254 g/mol. The van der Waals surface area contributed by atoms with Gasteiger partial charge in [0.25, 0.3) is 0 Å². The summed E-state index contributed by atoms with van der Waals surface area (Å²) in [6.45, 7) is 13.9. The number of allylic oxidation sites excluding steroid dienone is 2. The lowest BCUT2D eigenvalue weighted by Gasteiger charge is -2.21. The minimum absolute atomic E-state index is 0.960. The van der Waals surface area contributed by atoms with E-state index in [1.807, 2.05) is 0 Å². The van der Waals surface area contributed by atoms with Crippen molar-refractivity contribution < 1.29 is 0 Å². The molecule has 0 spiro atoms. The van der Waals surface area contributed by atoms with E-state index in [4.69, 9.17) is 0 Å². The first-order chi connectivity index (χ1) is 10.3. The van der Waals surface area contributed by atoms with E-state index in [-0.39, 0.29) is 0 Å². The van der Waals surface area contributed by atoms with Crippen LogP contribution in [0.4, 0.5) is 0 Å². The summed E-state index contributed by atoms with van der Waals surface area (Å²) in [5.41, 5.74) is 0. The molecule has 1 fully saturated rings. The van der Waals surface area contributed by atoms with Crippen molar-refractivity contribution >= 4 is 0 Å². The Morgan fingerprint density at radius 2 is 1.67 bits per heavy atom. The molecule has 0 radical (unpaired) electrons. The lowest BCUT2D eigenvalue weighted by atomic mass is 9.87. The SMILES string of the molecule is C=CC=C.CCCC(CC)CCNCCC1CCCCC1. The second kappa shape index (κ2) is 15.8. The third-order valence-electron chi connectivity index (χ3n) is 4.62. The molecule has 1 nitrogen and oxygen atoms in total. The third kappa shape index (κ3) is 12.9. The molecule has 0 aromatic carbocycles. The van der Waals surface area contributed by atoms with Gasteiger partial charge in [-0.2, -0.15) is 0 Å². The topological polar surface area (TPSA) is 12.0 Å². The zero-order valence-corrected chi connectivity index (χ0v) is 14.7. The molecule has 1 N–H and O–H groups in total. The average molecular weight is 294 g/mol. The van der Waals surface area contributed by atoms with Gasteiger partial charge in [0.05, 0.1) is 0 Å². The summed E-state index contributed by atoms with van der Waals surface area (Å²) in [6, 6.07) is 0. The smallest absolute Gasteiger partial charge is 0.00463 e. The van der Waals surface area contributed by atoms with Gasteiger partial charge in [-0.25, -0.2) is 0 Å². The van der Waals surface area contributed by atoms with Crippen molar-refractivity contribution in [3.63, 3.8) is 0 Å². The van der Waals surface area contributed by atoms with Crippen LogP contribution >= 0.6 is 0 Å². The summed E-state index contributed by atoms with van der Waals surface area (Å²) in [6.07, 6.45) is 17.7. The van der Waals surface area contributed by atoms with Crippen molar-refractivity contribution in [2.75, 3.05) is 13.1 Å². The monoisotopic (exact) mass is 293 g/mol. The molecule has 1 aliphatic carbocycles. The van der Waals surface area contributed by atoms with E-state index in [0.29, 0.717) is 0 Å². The van der Waals surface area contributed by atoms with Gasteiger partial charge in [0.2, 0.25) is 0 Å². The fraction of sp³-hybridized carbons (Fsp3) is 0.800. The highest BCUT2D eigenvalue weighted by molar-refractivity contribution is 4.88. The van der Waals surface area contributed by atoms with E-state index < -0.39 is 0 Å². The van der Waals surface area contributed by atoms with Gasteiger partial charge < -0.3 is 5.32 Å². The summed E-state index contributed by atoms with van der Waals surface area (Å²) in [4.78, 5) is 0. The molecule has 0 aromatic heterocycles. The minimum Gasteiger partial charge on any atom is -0.317 e. The van der Waals surface area contributed by atoms with Gasteiger partial charge in [0, 0.05) is 0 Å². The second-order valence-corrected chi connectivity index (χ2v) is 6.37. The number of nitrogens with one attached hydrogen (secondary N) is 1. The van der Waals surface area contributed by atoms with Gasteiger partial charge in [-0.1, -0.05) is 90.5 Å². The van der Waals surface area contributed by atoms with Crippen LogP contribution in [0.15, 0.2) is 25.3 Å². The van der Waals surface area contributed by atoms with Crippen molar-refractivity contribution in [2.45, 2.75) is 78.1 Å². The lowest BCUT2D eigenvalue weighted by molar-refractivity contribution is 0.330. The first kappa shape index (κ1) is 20.4. The Morgan fingerprint density at radius 1 is 1.00 bits per heavy atom. The Balaban J connectivity index is 0.000000885. The summed E-state index contributed by atoms with van der Waals surface area (Å²) in [5.74, 6) is 2.00. The molecule has 1 heteroatoms. The Hall–Kier alpha value is -0.560. The molecule has 0 aromatic rings. The fourth-order valence-electron chi connectivity index (χ4n) is 3.17. The normalized spacial score (nSPS) is 16.7. The van der Waals surface area contributed by atoms with E-state index in [1.54, 1.807) is 12.2 Å². The first-order valence-electron chi connectivity index (χ1n) is 9.22. The number of rotatable bonds is 10. The molecule has 21 heavy (non-hydrogen) atoms. The van der Waals surface area contributed by atoms with Gasteiger partial charge in [-0.15, -0.1) is 0 Å². The number of hydrogen-bond acceptors (Lipinski definition) is 1. The van der Waals surface area contributed by atoms with Crippen LogP contribution in [0.2, 0.25) is 0 Å². The van der Waals surface area contributed by atoms with E-state index in [9.17, 15) is 0 Å². The molecule has 1 rings (SSSR count). The van der Waals surface area contributed by atoms with Crippen molar-refractivity contribution in [3.8, 4) is 0 Å². The predicted molar refractivity (Wildman–Crippen MR) is 97.8 cm³/mol. The first-order valence-corrected chi connectivity index (χ1v) is 9.22. The summed E-state index contributed by atoms with van der Waals surface area (Å²) < 4.78 is 0. The zero-order valence-electron chi connectivity index (χ0n) is 14.7. The van der Waals surface area contributed by atoms with Crippen molar-refractivity contribution in [3.05, 3.63) is 25.3 Å². The molecule has 1 atom stereocenters. The molecule has 124 valence electrons. The standard InChI is InChI=1S/C16H33N.C4H6/c1-3-8-15(4-2)11-13-17-14-12-16-9-6-5-7-10-16;1-3-4-2/h15-17H,3-14H2,1-2H3;3-4H,1-2H2. The van der Waals surface area contributed by atoms with Crippen LogP contribution < -0.4 is 5.32 Å². The molecule has 0 amide bonds. The minimum atomic E-state index is 0.960. The Labute approximate surface area is 134 Å². The van der Waals surface area contributed by atoms with Crippen LogP contribution in [0, 0.1) is 11.8 Å². The van der Waals surface area contributed by atoms with E-state index in [1.165, 1.54) is 77.3 Å². The third-order valence-corrected chi connectivity index (χ3v) is 4.62. The van der Waals surface area contributed by atoms with Gasteiger partial charge in [-0.3, -0.25) is 0 Å². The maximum absolute atomic E-state index is 3.66. The Bertz CT molecular complexity index is 215. The molecule has 1 aliphatic rings. The predicted octanol–water partition coefficient (Wildman–Crippen LogP) is 6.12. The molecule has 0 heterocycles. The number of hydrogen-bond donors (Lipinski definition) is 1. The summed E-state index contributed by atoms with van der Waals surface area (Å²) >= 11 is 0. The van der Waals surface area contributed by atoms with Crippen molar-refractivity contribution in [1.29, 1.82) is 0 Å². The van der Waals surface area contributed by atoms with E-state index in [2.05, 4.69) is 32.3 Å². The highest BCUT2D eigenvalue weighted by Crippen LogP contribution is 2.25. The van der Waals surface area contributed by atoms with Gasteiger partial charge in [0.15, 0.2) is 0 Å². The molecular formula is C20H39N. The quantitative estimate of drug-likeness (QED) is 0.378. The van der Waals surface area contributed by atoms with Crippen LogP contribution in [0.25, 0.3) is 0 Å². The molecule has 0 aliphatic heterocycles.